The van der Waals surface area contributed by atoms with Gasteiger partial charge >= 0.3 is 12.0 Å². The predicted molar refractivity (Wildman–Crippen MR) is 70.9 cm³/mol. The highest BCUT2D eigenvalue weighted by Gasteiger charge is 2.12. The summed E-state index contributed by atoms with van der Waals surface area (Å²) in [6.45, 7) is 1.82. The molecule has 1 heterocycles. The van der Waals surface area contributed by atoms with Crippen LogP contribution in [0.1, 0.15) is 37.8 Å². The van der Waals surface area contributed by atoms with Gasteiger partial charge in [0.2, 0.25) is 5.91 Å². The molecule has 1 aromatic heterocycles. The molecule has 1 rings (SSSR count). The first kappa shape index (κ1) is 15.2. The van der Waals surface area contributed by atoms with Crippen LogP contribution in [0.3, 0.4) is 0 Å². The molecule has 0 aliphatic rings. The van der Waals surface area contributed by atoms with E-state index in [0.29, 0.717) is 0 Å². The summed E-state index contributed by atoms with van der Waals surface area (Å²) in [7, 11) is 0. The van der Waals surface area contributed by atoms with Crippen molar-refractivity contribution in [3.05, 3.63) is 22.4 Å². The Kier molecular flexibility index (Phi) is 6.01. The van der Waals surface area contributed by atoms with E-state index in [1.165, 1.54) is 11.3 Å². The van der Waals surface area contributed by atoms with Gasteiger partial charge < -0.3 is 10.4 Å². The summed E-state index contributed by atoms with van der Waals surface area (Å²) in [4.78, 5) is 33.1. The zero-order chi connectivity index (χ0) is 14.3. The molecule has 1 unspecified atom stereocenters. The van der Waals surface area contributed by atoms with Crippen molar-refractivity contribution in [1.29, 1.82) is 0 Å². The molecule has 19 heavy (non-hydrogen) atoms. The van der Waals surface area contributed by atoms with Gasteiger partial charge in [0.1, 0.15) is 0 Å². The minimum Gasteiger partial charge on any atom is -0.481 e. The van der Waals surface area contributed by atoms with Crippen LogP contribution in [0.25, 0.3) is 0 Å². The number of carboxylic acid groups (broad SMARTS) is 1. The van der Waals surface area contributed by atoms with Gasteiger partial charge in [0.05, 0.1) is 6.04 Å². The Balaban J connectivity index is 2.27. The Hall–Kier alpha value is -1.89. The quantitative estimate of drug-likeness (QED) is 0.743. The third-order valence-corrected chi connectivity index (χ3v) is 3.14. The average Bonchev–Trinajstić information content (AvgIpc) is 2.81. The van der Waals surface area contributed by atoms with Crippen LogP contribution in [0.5, 0.6) is 0 Å². The number of nitrogens with one attached hydrogen (secondary N) is 2. The second-order valence-electron chi connectivity index (χ2n) is 4.05. The van der Waals surface area contributed by atoms with Crippen molar-refractivity contribution < 1.29 is 19.5 Å². The second kappa shape index (κ2) is 7.52. The van der Waals surface area contributed by atoms with Crippen LogP contribution in [0, 0.1) is 0 Å². The van der Waals surface area contributed by atoms with Gasteiger partial charge in [0.25, 0.3) is 0 Å². The van der Waals surface area contributed by atoms with E-state index in [9.17, 15) is 14.4 Å². The zero-order valence-corrected chi connectivity index (χ0v) is 11.3. The normalized spacial score (nSPS) is 11.6. The molecule has 0 radical (unpaired) electrons. The number of aliphatic carboxylic acids is 1. The minimum absolute atomic E-state index is 0.0204. The Morgan fingerprint density at radius 2 is 2.11 bits per heavy atom. The SMILES string of the molecule is CC(NC(=O)NC(=O)CCCC(=O)O)c1ccsc1. The van der Waals surface area contributed by atoms with Gasteiger partial charge in [-0.2, -0.15) is 11.3 Å². The third kappa shape index (κ3) is 6.01. The molecule has 0 aliphatic carbocycles. The molecular formula is C12H16N2O4S. The Morgan fingerprint density at radius 1 is 1.37 bits per heavy atom. The van der Waals surface area contributed by atoms with Crippen molar-refractivity contribution in [2.45, 2.75) is 32.2 Å². The summed E-state index contributed by atoms with van der Waals surface area (Å²) in [6, 6.07) is 1.14. The molecule has 0 fully saturated rings. The first-order chi connectivity index (χ1) is 8.99. The molecule has 6 nitrogen and oxygen atoms in total. The van der Waals surface area contributed by atoms with Crippen LogP contribution >= 0.6 is 11.3 Å². The molecule has 1 atom stereocenters. The first-order valence-corrected chi connectivity index (χ1v) is 6.77. The van der Waals surface area contributed by atoms with E-state index in [1.54, 1.807) is 0 Å². The second-order valence-corrected chi connectivity index (χ2v) is 4.83. The van der Waals surface area contributed by atoms with Crippen LogP contribution in [0.2, 0.25) is 0 Å². The van der Waals surface area contributed by atoms with Crippen LogP contribution in [-0.4, -0.2) is 23.0 Å². The molecule has 0 saturated heterocycles. The maximum absolute atomic E-state index is 11.5. The number of thiophene rings is 1. The number of carbonyl (C=O) groups excluding carboxylic acids is 2. The van der Waals surface area contributed by atoms with E-state index in [2.05, 4.69) is 10.6 Å². The number of rotatable bonds is 6. The average molecular weight is 284 g/mol. The first-order valence-electron chi connectivity index (χ1n) is 5.83. The third-order valence-electron chi connectivity index (χ3n) is 2.44. The smallest absolute Gasteiger partial charge is 0.321 e. The summed E-state index contributed by atoms with van der Waals surface area (Å²) in [5.74, 6) is -1.43. The minimum atomic E-state index is -0.955. The van der Waals surface area contributed by atoms with Crippen molar-refractivity contribution in [3.8, 4) is 0 Å². The van der Waals surface area contributed by atoms with E-state index in [1.807, 2.05) is 23.8 Å². The molecule has 3 N–H and O–H groups in total. The van der Waals surface area contributed by atoms with Crippen molar-refractivity contribution in [3.63, 3.8) is 0 Å². The highest BCUT2D eigenvalue weighted by atomic mass is 32.1. The monoisotopic (exact) mass is 284 g/mol. The number of imide groups is 1. The van der Waals surface area contributed by atoms with Crippen LogP contribution in [-0.2, 0) is 9.59 Å². The van der Waals surface area contributed by atoms with E-state index in [0.717, 1.165) is 5.56 Å². The molecule has 0 aliphatic heterocycles. The Labute approximate surface area is 114 Å². The van der Waals surface area contributed by atoms with Crippen LogP contribution < -0.4 is 10.6 Å². The molecule has 104 valence electrons. The molecule has 0 saturated carbocycles. The molecule has 0 aromatic carbocycles. The van der Waals surface area contributed by atoms with E-state index in [-0.39, 0.29) is 25.3 Å². The fourth-order valence-corrected chi connectivity index (χ4v) is 2.18. The lowest BCUT2D eigenvalue weighted by molar-refractivity contribution is -0.137. The molecule has 1 aromatic rings. The van der Waals surface area contributed by atoms with Crippen LogP contribution in [0.15, 0.2) is 16.8 Å². The topological polar surface area (TPSA) is 95.5 Å². The van der Waals surface area contributed by atoms with Crippen molar-refractivity contribution in [2.75, 3.05) is 0 Å². The summed E-state index contributed by atoms with van der Waals surface area (Å²) in [5, 5.41) is 17.0. The van der Waals surface area contributed by atoms with Gasteiger partial charge in [-0.25, -0.2) is 4.79 Å². The Bertz CT molecular complexity index is 445. The summed E-state index contributed by atoms with van der Waals surface area (Å²) >= 11 is 1.53. The number of amides is 3. The van der Waals surface area contributed by atoms with Gasteiger partial charge in [-0.3, -0.25) is 14.9 Å². The molecule has 0 spiro atoms. The lowest BCUT2D eigenvalue weighted by atomic mass is 10.2. The van der Waals surface area contributed by atoms with Gasteiger partial charge in [0, 0.05) is 12.8 Å². The Morgan fingerprint density at radius 3 is 2.68 bits per heavy atom. The number of hydrogen-bond donors (Lipinski definition) is 3. The van der Waals surface area contributed by atoms with Gasteiger partial charge in [-0.05, 0) is 35.7 Å². The highest BCUT2D eigenvalue weighted by molar-refractivity contribution is 7.07. The molecule has 7 heteroatoms. The van der Waals surface area contributed by atoms with Gasteiger partial charge in [-0.1, -0.05) is 0 Å². The van der Waals surface area contributed by atoms with Crippen molar-refractivity contribution in [2.24, 2.45) is 0 Å². The fourth-order valence-electron chi connectivity index (χ4n) is 1.43. The molecule has 3 amide bonds. The lowest BCUT2D eigenvalue weighted by Gasteiger charge is -2.12. The maximum Gasteiger partial charge on any atom is 0.321 e. The van der Waals surface area contributed by atoms with Crippen LogP contribution in [0.4, 0.5) is 4.79 Å². The maximum atomic E-state index is 11.5. The van der Waals surface area contributed by atoms with Gasteiger partial charge in [0.15, 0.2) is 0 Å². The highest BCUT2D eigenvalue weighted by Crippen LogP contribution is 2.15. The number of hydrogen-bond acceptors (Lipinski definition) is 4. The lowest BCUT2D eigenvalue weighted by Crippen LogP contribution is -2.40. The molecular weight excluding hydrogens is 268 g/mol. The summed E-state index contributed by atoms with van der Waals surface area (Å²) in [6.07, 6.45) is 0.154. The van der Waals surface area contributed by atoms with Crippen molar-refractivity contribution >= 4 is 29.2 Å². The zero-order valence-electron chi connectivity index (χ0n) is 10.5. The largest absolute Gasteiger partial charge is 0.481 e. The number of carboxylic acids is 1. The van der Waals surface area contributed by atoms with E-state index in [4.69, 9.17) is 5.11 Å². The molecule has 0 bridgehead atoms. The number of urea groups is 1. The standard InChI is InChI=1S/C12H16N2O4S/c1-8(9-5-6-19-7-9)13-12(18)14-10(15)3-2-4-11(16)17/h5-8H,2-4H2,1H3,(H,16,17)(H2,13,14,15,18). The fraction of sp³-hybridized carbons (Fsp3) is 0.417. The van der Waals surface area contributed by atoms with E-state index >= 15 is 0 Å². The predicted octanol–water partition coefficient (Wildman–Crippen LogP) is 1.89. The summed E-state index contributed by atoms with van der Waals surface area (Å²) in [5.41, 5.74) is 0.971. The van der Waals surface area contributed by atoms with E-state index < -0.39 is 17.9 Å². The van der Waals surface area contributed by atoms with Gasteiger partial charge in [-0.15, -0.1) is 0 Å². The number of carbonyl (C=O) groups is 3. The van der Waals surface area contributed by atoms with Crippen molar-refractivity contribution in [1.82, 2.24) is 10.6 Å². The summed E-state index contributed by atoms with van der Waals surface area (Å²) < 4.78 is 0.